The molecule has 0 unspecified atom stereocenters. The molecule has 0 bridgehead atoms. The fourth-order valence-corrected chi connectivity index (χ4v) is 3.84. The first-order valence-corrected chi connectivity index (χ1v) is 10.4. The second-order valence-electron chi connectivity index (χ2n) is 7.02. The van der Waals surface area contributed by atoms with Gasteiger partial charge in [-0.2, -0.15) is 0 Å². The predicted molar refractivity (Wildman–Crippen MR) is 121 cm³/mol. The Bertz CT molecular complexity index is 930. The van der Waals surface area contributed by atoms with Crippen molar-refractivity contribution in [2.45, 2.75) is 19.3 Å². The van der Waals surface area contributed by atoms with Gasteiger partial charge in [0.05, 0.1) is 34.0 Å². The Hall–Kier alpha value is -3.00. The fraction of sp³-hybridized carbons (Fsp3) is 0.391. The average Bonchev–Trinajstić information content (AvgIpc) is 2.82. The average molecular weight is 446 g/mol. The van der Waals surface area contributed by atoms with Crippen molar-refractivity contribution in [3.63, 3.8) is 0 Å². The zero-order valence-electron chi connectivity index (χ0n) is 18.2. The first-order chi connectivity index (χ1) is 15.0. The second kappa shape index (κ2) is 10.3. The molecule has 1 saturated heterocycles. The number of carbonyl (C=O) groups is 1. The lowest BCUT2D eigenvalue weighted by atomic mass is 10.1. The monoisotopic (exact) mass is 445 g/mol. The van der Waals surface area contributed by atoms with E-state index in [2.05, 4.69) is 4.90 Å². The lowest BCUT2D eigenvalue weighted by Gasteiger charge is -2.29. The Morgan fingerprint density at radius 1 is 0.774 bits per heavy atom. The molecule has 7 nitrogen and oxygen atoms in total. The minimum Gasteiger partial charge on any atom is -0.493 e. The van der Waals surface area contributed by atoms with Crippen LogP contribution in [0.1, 0.15) is 35.2 Å². The smallest absolute Gasteiger partial charge is 0.343 e. The number of esters is 1. The summed E-state index contributed by atoms with van der Waals surface area (Å²) < 4.78 is 27.0. The van der Waals surface area contributed by atoms with Gasteiger partial charge in [-0.25, -0.2) is 4.79 Å². The van der Waals surface area contributed by atoms with Crippen molar-refractivity contribution in [3.05, 3.63) is 41.5 Å². The first kappa shape index (κ1) is 22.7. The summed E-state index contributed by atoms with van der Waals surface area (Å²) >= 11 is 5.68. The van der Waals surface area contributed by atoms with E-state index in [-0.39, 0.29) is 11.3 Å². The van der Waals surface area contributed by atoms with Crippen LogP contribution in [0, 0.1) is 0 Å². The van der Waals surface area contributed by atoms with E-state index in [0.717, 1.165) is 36.5 Å². The number of rotatable bonds is 7. The highest BCUT2D eigenvalue weighted by Gasteiger charge is 2.21. The third-order valence-electron chi connectivity index (χ3n) is 5.16. The Labute approximate surface area is 187 Å². The van der Waals surface area contributed by atoms with Gasteiger partial charge in [-0.3, -0.25) is 0 Å². The maximum absolute atomic E-state index is 12.9. The quantitative estimate of drug-likeness (QED) is 0.359. The molecule has 0 N–H and O–H groups in total. The summed E-state index contributed by atoms with van der Waals surface area (Å²) in [5, 5.41) is 0. The number of thiocarbonyl (C=S) groups is 1. The largest absolute Gasteiger partial charge is 0.493 e. The summed E-state index contributed by atoms with van der Waals surface area (Å²) in [5.74, 6) is 1.26. The number of likely N-dealkylation sites (tertiary alicyclic amines) is 1. The number of piperidine rings is 1. The molecule has 0 radical (unpaired) electrons. The second-order valence-corrected chi connectivity index (χ2v) is 7.41. The van der Waals surface area contributed by atoms with Crippen molar-refractivity contribution >= 4 is 23.2 Å². The number of carbonyl (C=O) groups excluding carboxylic acids is 1. The number of ether oxygens (including phenoxy) is 5. The number of nitrogens with zero attached hydrogens (tertiary/aromatic N) is 1. The Morgan fingerprint density at radius 2 is 1.35 bits per heavy atom. The van der Waals surface area contributed by atoms with Crippen molar-refractivity contribution in [1.82, 2.24) is 4.90 Å². The molecule has 0 aliphatic carbocycles. The zero-order valence-corrected chi connectivity index (χ0v) is 19.0. The summed E-state index contributed by atoms with van der Waals surface area (Å²) in [6.07, 6.45) is 3.47. The summed E-state index contributed by atoms with van der Waals surface area (Å²) in [7, 11) is 6.00. The number of benzene rings is 2. The maximum atomic E-state index is 12.9. The van der Waals surface area contributed by atoms with Gasteiger partial charge in [0.25, 0.3) is 0 Å². The molecule has 8 heteroatoms. The summed E-state index contributed by atoms with van der Waals surface area (Å²) in [5.41, 5.74) is 1.06. The van der Waals surface area contributed by atoms with Gasteiger partial charge in [-0.05, 0) is 49.6 Å². The molecule has 2 aromatic carbocycles. The molecule has 3 rings (SSSR count). The van der Waals surface area contributed by atoms with Gasteiger partial charge in [0.2, 0.25) is 5.75 Å². The SMILES string of the molecule is COc1ccc(C(=S)N2CCCCC2)cc1OC(=O)c1cc(OC)c(OC)c(OC)c1. The molecule has 0 atom stereocenters. The molecule has 1 fully saturated rings. The summed E-state index contributed by atoms with van der Waals surface area (Å²) in [4.78, 5) is 15.9. The third kappa shape index (κ3) is 5.02. The Balaban J connectivity index is 1.89. The van der Waals surface area contributed by atoms with Gasteiger partial charge in [0.1, 0.15) is 4.99 Å². The van der Waals surface area contributed by atoms with Crippen LogP contribution in [0.25, 0.3) is 0 Å². The van der Waals surface area contributed by atoms with Crippen LogP contribution in [0.3, 0.4) is 0 Å². The number of hydrogen-bond acceptors (Lipinski definition) is 7. The van der Waals surface area contributed by atoms with E-state index in [0.29, 0.717) is 23.0 Å². The maximum Gasteiger partial charge on any atom is 0.343 e. The van der Waals surface area contributed by atoms with Crippen LogP contribution in [-0.4, -0.2) is 57.4 Å². The van der Waals surface area contributed by atoms with E-state index in [1.54, 1.807) is 24.3 Å². The van der Waals surface area contributed by atoms with E-state index >= 15 is 0 Å². The lowest BCUT2D eigenvalue weighted by Crippen LogP contribution is -2.34. The molecule has 1 heterocycles. The fourth-order valence-electron chi connectivity index (χ4n) is 3.53. The molecule has 1 aliphatic rings. The van der Waals surface area contributed by atoms with Gasteiger partial charge in [0.15, 0.2) is 23.0 Å². The highest BCUT2D eigenvalue weighted by atomic mass is 32.1. The minimum atomic E-state index is -0.585. The van der Waals surface area contributed by atoms with Crippen LogP contribution in [0.5, 0.6) is 28.7 Å². The first-order valence-electron chi connectivity index (χ1n) is 10.0. The van der Waals surface area contributed by atoms with Crippen molar-refractivity contribution in [2.75, 3.05) is 41.5 Å². The van der Waals surface area contributed by atoms with Gasteiger partial charge in [0, 0.05) is 18.7 Å². The summed E-state index contributed by atoms with van der Waals surface area (Å²) in [6, 6.07) is 8.46. The standard InChI is InChI=1S/C23H27NO6S/c1-26-17-9-8-15(22(31)24-10-6-5-7-11-24)12-18(17)30-23(25)16-13-19(27-2)21(29-4)20(14-16)28-3/h8-9,12-14H,5-7,10-11H2,1-4H3. The van der Waals surface area contributed by atoms with Crippen LogP contribution < -0.4 is 23.7 Å². The minimum absolute atomic E-state index is 0.251. The molecule has 31 heavy (non-hydrogen) atoms. The highest BCUT2D eigenvalue weighted by Crippen LogP contribution is 2.39. The molecule has 0 spiro atoms. The van der Waals surface area contributed by atoms with Gasteiger partial charge in [-0.1, -0.05) is 12.2 Å². The predicted octanol–water partition coefficient (Wildman–Crippen LogP) is 4.10. The molecular weight excluding hydrogens is 418 g/mol. The van der Waals surface area contributed by atoms with Crippen molar-refractivity contribution in [3.8, 4) is 28.7 Å². The number of hydrogen-bond donors (Lipinski definition) is 0. The molecule has 2 aromatic rings. The highest BCUT2D eigenvalue weighted by molar-refractivity contribution is 7.80. The van der Waals surface area contributed by atoms with Gasteiger partial charge >= 0.3 is 5.97 Å². The van der Waals surface area contributed by atoms with Crippen LogP contribution >= 0.6 is 12.2 Å². The van der Waals surface area contributed by atoms with Crippen molar-refractivity contribution < 1.29 is 28.5 Å². The van der Waals surface area contributed by atoms with Crippen molar-refractivity contribution in [1.29, 1.82) is 0 Å². The molecule has 0 saturated carbocycles. The molecule has 166 valence electrons. The third-order valence-corrected chi connectivity index (χ3v) is 5.65. The normalized spacial score (nSPS) is 13.4. The zero-order chi connectivity index (χ0) is 22.4. The van der Waals surface area contributed by atoms with Crippen LogP contribution in [-0.2, 0) is 0 Å². The van der Waals surface area contributed by atoms with E-state index in [9.17, 15) is 4.79 Å². The summed E-state index contributed by atoms with van der Waals surface area (Å²) in [6.45, 7) is 1.87. The molecule has 0 aromatic heterocycles. The molecular formula is C23H27NO6S. The van der Waals surface area contributed by atoms with E-state index < -0.39 is 5.97 Å². The lowest BCUT2D eigenvalue weighted by molar-refractivity contribution is 0.0728. The van der Waals surface area contributed by atoms with E-state index in [1.807, 2.05) is 6.07 Å². The molecule has 0 amide bonds. The Kier molecular flexibility index (Phi) is 7.57. The van der Waals surface area contributed by atoms with E-state index in [4.69, 9.17) is 35.9 Å². The number of methoxy groups -OCH3 is 4. The van der Waals surface area contributed by atoms with Gasteiger partial charge < -0.3 is 28.6 Å². The topological polar surface area (TPSA) is 66.5 Å². The van der Waals surface area contributed by atoms with Crippen molar-refractivity contribution in [2.24, 2.45) is 0 Å². The van der Waals surface area contributed by atoms with Crippen LogP contribution in [0.15, 0.2) is 30.3 Å². The molecule has 1 aliphatic heterocycles. The van der Waals surface area contributed by atoms with E-state index in [1.165, 1.54) is 34.9 Å². The van der Waals surface area contributed by atoms with Crippen LogP contribution in [0.2, 0.25) is 0 Å². The van der Waals surface area contributed by atoms with Gasteiger partial charge in [-0.15, -0.1) is 0 Å². The Morgan fingerprint density at radius 3 is 1.90 bits per heavy atom. The van der Waals surface area contributed by atoms with Crippen LogP contribution in [0.4, 0.5) is 0 Å².